The smallest absolute Gasteiger partial charge is 0.267 e. The maximum absolute atomic E-state index is 12.4. The Morgan fingerprint density at radius 3 is 2.38 bits per heavy atom. The zero-order chi connectivity index (χ0) is 18.7. The van der Waals surface area contributed by atoms with Gasteiger partial charge in [-0.1, -0.05) is 24.3 Å². The summed E-state index contributed by atoms with van der Waals surface area (Å²) in [5, 5.41) is 0. The van der Waals surface area contributed by atoms with Gasteiger partial charge in [0.15, 0.2) is 0 Å². The Bertz CT molecular complexity index is 969. The zero-order valence-corrected chi connectivity index (χ0v) is 15.6. The molecule has 0 spiro atoms. The summed E-state index contributed by atoms with van der Waals surface area (Å²) >= 11 is 0. The van der Waals surface area contributed by atoms with Crippen LogP contribution in [0.25, 0.3) is 0 Å². The van der Waals surface area contributed by atoms with E-state index in [4.69, 9.17) is 0 Å². The highest BCUT2D eigenvalue weighted by Crippen LogP contribution is 2.18. The summed E-state index contributed by atoms with van der Waals surface area (Å²) in [4.78, 5) is 17.0. The van der Waals surface area contributed by atoms with E-state index in [1.165, 1.54) is 11.1 Å². The molecule has 2 aromatic carbocycles. The first-order chi connectivity index (χ1) is 12.5. The van der Waals surface area contributed by atoms with Crippen LogP contribution in [0.1, 0.15) is 38.4 Å². The summed E-state index contributed by atoms with van der Waals surface area (Å²) in [6.07, 6.45) is 1.84. The van der Waals surface area contributed by atoms with E-state index >= 15 is 0 Å². The average Bonchev–Trinajstić information content (AvgIpc) is 2.91. The number of hydrogen-bond donors (Lipinski definition) is 1. The summed E-state index contributed by atoms with van der Waals surface area (Å²) in [7, 11) is 0. The number of rotatable bonds is 4. The first kappa shape index (κ1) is 17.7. The fourth-order valence-electron chi connectivity index (χ4n) is 2.80. The average molecular weight is 345 g/mol. The van der Waals surface area contributed by atoms with Crippen LogP contribution in [0.4, 0.5) is 5.69 Å². The van der Waals surface area contributed by atoms with Crippen molar-refractivity contribution in [2.24, 2.45) is 4.99 Å². The Balaban J connectivity index is 1.82. The van der Waals surface area contributed by atoms with Crippen molar-refractivity contribution >= 4 is 17.8 Å². The second-order valence-electron chi connectivity index (χ2n) is 6.50. The van der Waals surface area contributed by atoms with Crippen LogP contribution in [0.15, 0.2) is 59.6 Å². The lowest BCUT2D eigenvalue weighted by Crippen LogP contribution is -2.24. The van der Waals surface area contributed by atoms with Gasteiger partial charge in [0.05, 0.1) is 5.69 Å². The molecular weight excluding hydrogens is 322 g/mol. The van der Waals surface area contributed by atoms with Crippen LogP contribution in [-0.2, 0) is 0 Å². The molecule has 0 saturated heterocycles. The first-order valence-corrected chi connectivity index (χ1v) is 8.62. The number of hydrogen-bond acceptors (Lipinski definition) is 2. The lowest BCUT2D eigenvalue weighted by atomic mass is 10.1. The molecule has 1 aromatic heterocycles. The third kappa shape index (κ3) is 3.75. The maximum atomic E-state index is 12.4. The van der Waals surface area contributed by atoms with Gasteiger partial charge < -0.3 is 0 Å². The van der Waals surface area contributed by atoms with Crippen LogP contribution in [0.2, 0.25) is 0 Å². The monoisotopic (exact) mass is 345 g/mol. The van der Waals surface area contributed by atoms with Crippen molar-refractivity contribution in [1.29, 1.82) is 0 Å². The third-order valence-corrected chi connectivity index (χ3v) is 4.56. The standard InChI is InChI=1S/C22H23N3O/c1-15-10-11-21(12-16(15)2)23-14-20-13-17(3)25(18(20)4)24-22(26)19-8-6-5-7-9-19/h5-14H,1-4H3,(H,24,26). The molecule has 4 nitrogen and oxygen atoms in total. The molecule has 0 bridgehead atoms. The van der Waals surface area contributed by atoms with Gasteiger partial charge in [-0.15, -0.1) is 0 Å². The number of nitrogens with zero attached hydrogens (tertiary/aromatic N) is 2. The normalized spacial score (nSPS) is 11.1. The molecule has 1 N–H and O–H groups in total. The Hall–Kier alpha value is -3.14. The lowest BCUT2D eigenvalue weighted by Gasteiger charge is -2.11. The van der Waals surface area contributed by atoms with E-state index < -0.39 is 0 Å². The van der Waals surface area contributed by atoms with Crippen LogP contribution in [0, 0.1) is 27.7 Å². The molecule has 3 rings (SSSR count). The SMILES string of the molecule is Cc1ccc(N=Cc2cc(C)n(NC(=O)c3ccccc3)c2C)cc1C. The minimum atomic E-state index is -0.134. The predicted octanol–water partition coefficient (Wildman–Crippen LogP) is 4.86. The van der Waals surface area contributed by atoms with Crippen molar-refractivity contribution in [3.8, 4) is 0 Å². The third-order valence-electron chi connectivity index (χ3n) is 4.56. The second kappa shape index (κ2) is 7.40. The predicted molar refractivity (Wildman–Crippen MR) is 107 cm³/mol. The molecule has 0 atom stereocenters. The molecule has 1 heterocycles. The Labute approximate surface area is 154 Å². The molecule has 3 aromatic rings. The van der Waals surface area contributed by atoms with Gasteiger partial charge in [-0.05, 0) is 69.2 Å². The van der Waals surface area contributed by atoms with Gasteiger partial charge in [-0.3, -0.25) is 19.9 Å². The Kier molecular flexibility index (Phi) is 5.03. The van der Waals surface area contributed by atoms with Gasteiger partial charge >= 0.3 is 0 Å². The molecule has 0 radical (unpaired) electrons. The van der Waals surface area contributed by atoms with Crippen molar-refractivity contribution in [2.45, 2.75) is 27.7 Å². The number of benzene rings is 2. The molecule has 26 heavy (non-hydrogen) atoms. The van der Waals surface area contributed by atoms with Crippen LogP contribution < -0.4 is 5.43 Å². The van der Waals surface area contributed by atoms with Gasteiger partial charge in [0, 0.05) is 28.7 Å². The number of aromatic nitrogens is 1. The number of carbonyl (C=O) groups is 1. The summed E-state index contributed by atoms with van der Waals surface area (Å²) in [6, 6.07) is 17.4. The summed E-state index contributed by atoms with van der Waals surface area (Å²) in [6.45, 7) is 8.11. The molecule has 0 saturated carbocycles. The Morgan fingerprint density at radius 2 is 1.69 bits per heavy atom. The van der Waals surface area contributed by atoms with Crippen molar-refractivity contribution < 1.29 is 4.79 Å². The van der Waals surface area contributed by atoms with Crippen molar-refractivity contribution in [1.82, 2.24) is 4.68 Å². The van der Waals surface area contributed by atoms with E-state index in [2.05, 4.69) is 36.4 Å². The van der Waals surface area contributed by atoms with Crippen LogP contribution in [0.3, 0.4) is 0 Å². The fraction of sp³-hybridized carbons (Fsp3) is 0.182. The van der Waals surface area contributed by atoms with Gasteiger partial charge in [-0.2, -0.15) is 0 Å². The van der Waals surface area contributed by atoms with Crippen LogP contribution >= 0.6 is 0 Å². The highest BCUT2D eigenvalue weighted by Gasteiger charge is 2.11. The van der Waals surface area contributed by atoms with E-state index in [0.29, 0.717) is 5.56 Å². The first-order valence-electron chi connectivity index (χ1n) is 8.62. The quantitative estimate of drug-likeness (QED) is 0.675. The van der Waals surface area contributed by atoms with Crippen LogP contribution in [0.5, 0.6) is 0 Å². The number of nitrogens with one attached hydrogen (secondary N) is 1. The fourth-order valence-corrected chi connectivity index (χ4v) is 2.80. The molecule has 0 aliphatic carbocycles. The molecule has 132 valence electrons. The molecule has 0 fully saturated rings. The zero-order valence-electron chi connectivity index (χ0n) is 15.6. The highest BCUT2D eigenvalue weighted by molar-refractivity contribution is 6.00. The largest absolute Gasteiger partial charge is 0.270 e. The topological polar surface area (TPSA) is 46.4 Å². The van der Waals surface area contributed by atoms with Crippen LogP contribution in [-0.4, -0.2) is 16.8 Å². The minimum absolute atomic E-state index is 0.134. The van der Waals surface area contributed by atoms with E-state index in [1.54, 1.807) is 16.8 Å². The number of aliphatic imine (C=N–C) groups is 1. The van der Waals surface area contributed by atoms with E-state index in [9.17, 15) is 4.79 Å². The molecule has 0 aliphatic heterocycles. The number of carbonyl (C=O) groups excluding carboxylic acids is 1. The summed E-state index contributed by atoms with van der Waals surface area (Å²) in [5.74, 6) is -0.134. The van der Waals surface area contributed by atoms with E-state index in [1.807, 2.05) is 50.4 Å². The highest BCUT2D eigenvalue weighted by atomic mass is 16.2. The van der Waals surface area contributed by atoms with Gasteiger partial charge in [0.1, 0.15) is 0 Å². The molecule has 0 aliphatic rings. The van der Waals surface area contributed by atoms with E-state index in [0.717, 1.165) is 22.6 Å². The van der Waals surface area contributed by atoms with Crippen molar-refractivity contribution in [3.63, 3.8) is 0 Å². The molecular formula is C22H23N3O. The number of aryl methyl sites for hydroxylation is 3. The summed E-state index contributed by atoms with van der Waals surface area (Å²) < 4.78 is 1.80. The van der Waals surface area contributed by atoms with Crippen molar-refractivity contribution in [2.75, 3.05) is 5.43 Å². The maximum Gasteiger partial charge on any atom is 0.270 e. The van der Waals surface area contributed by atoms with Gasteiger partial charge in [-0.25, -0.2) is 0 Å². The summed E-state index contributed by atoms with van der Waals surface area (Å²) in [5.41, 5.74) is 9.85. The number of amides is 1. The Morgan fingerprint density at radius 1 is 0.962 bits per heavy atom. The van der Waals surface area contributed by atoms with Gasteiger partial charge in [0.25, 0.3) is 5.91 Å². The van der Waals surface area contributed by atoms with E-state index in [-0.39, 0.29) is 5.91 Å². The molecule has 0 unspecified atom stereocenters. The molecule has 1 amide bonds. The second-order valence-corrected chi connectivity index (χ2v) is 6.50. The molecule has 4 heteroatoms. The lowest BCUT2D eigenvalue weighted by molar-refractivity contribution is 0.101. The van der Waals surface area contributed by atoms with Gasteiger partial charge in [0.2, 0.25) is 0 Å². The van der Waals surface area contributed by atoms with Crippen molar-refractivity contribution in [3.05, 3.63) is 88.2 Å². The minimum Gasteiger partial charge on any atom is -0.267 e.